The zero-order valence-electron chi connectivity index (χ0n) is 17.3. The van der Waals surface area contributed by atoms with Crippen molar-refractivity contribution in [3.8, 4) is 23.7 Å². The van der Waals surface area contributed by atoms with Crippen molar-refractivity contribution in [3.05, 3.63) is 70.8 Å². The smallest absolute Gasteiger partial charge is 0.266 e. The Labute approximate surface area is 179 Å². The number of nitrogens with one attached hydrogen (secondary N) is 2. The van der Waals surface area contributed by atoms with Gasteiger partial charge in [-0.05, 0) is 55.2 Å². The molecule has 2 aromatic rings. The third kappa shape index (κ3) is 6.40. The maximum atomic E-state index is 13.3. The van der Waals surface area contributed by atoms with Crippen LogP contribution in [-0.4, -0.2) is 29.5 Å². The van der Waals surface area contributed by atoms with Crippen LogP contribution in [0.1, 0.15) is 40.9 Å². The number of amides is 2. The quantitative estimate of drug-likeness (QED) is 0.392. The van der Waals surface area contributed by atoms with Gasteiger partial charge in [0.1, 0.15) is 6.04 Å². The topological polar surface area (TPSA) is 78.4 Å². The lowest BCUT2D eigenvalue weighted by Crippen LogP contribution is -2.56. The van der Waals surface area contributed by atoms with Crippen LogP contribution >= 0.6 is 0 Å². The molecule has 0 bridgehead atoms. The van der Waals surface area contributed by atoms with Gasteiger partial charge in [-0.25, -0.2) is 14.3 Å². The van der Waals surface area contributed by atoms with E-state index in [1.165, 1.54) is 17.6 Å². The molecule has 0 unspecified atom stereocenters. The first-order chi connectivity index (χ1) is 14.6. The highest BCUT2D eigenvalue weighted by Gasteiger charge is 2.43. The summed E-state index contributed by atoms with van der Waals surface area (Å²) < 4.78 is 26.6. The van der Waals surface area contributed by atoms with Crippen LogP contribution < -0.4 is 10.8 Å². The van der Waals surface area contributed by atoms with Crippen molar-refractivity contribution in [2.45, 2.75) is 33.2 Å². The van der Waals surface area contributed by atoms with Gasteiger partial charge in [0.25, 0.3) is 11.8 Å². The minimum absolute atomic E-state index is 0.150. The Morgan fingerprint density at radius 1 is 0.935 bits per heavy atom. The van der Waals surface area contributed by atoms with Gasteiger partial charge in [-0.1, -0.05) is 43.4 Å². The van der Waals surface area contributed by atoms with E-state index in [1.807, 2.05) is 31.2 Å². The molecule has 1 atom stereocenters. The molecule has 0 aliphatic rings. The molecule has 0 spiro atoms. The van der Waals surface area contributed by atoms with Gasteiger partial charge in [-0.3, -0.25) is 14.8 Å². The number of carbonyl (C=O) groups is 2. The summed E-state index contributed by atoms with van der Waals surface area (Å²) in [5.74, 6) is 9.38. The number of hydroxylamine groups is 1. The summed E-state index contributed by atoms with van der Waals surface area (Å²) in [6, 6.07) is 12.1. The van der Waals surface area contributed by atoms with Crippen molar-refractivity contribution < 1.29 is 23.6 Å². The molecule has 7 heteroatoms. The number of aryl methyl sites for hydroxylation is 1. The number of alkyl halides is 2. The SMILES string of the molecule is Cc1ccc(C#CC#Cc2ccc(C(=O)N[C@H](C(=O)NO)C(C)(C)C(F)F)cc2)cc1. The zero-order valence-corrected chi connectivity index (χ0v) is 17.3. The van der Waals surface area contributed by atoms with Crippen molar-refractivity contribution in [1.29, 1.82) is 0 Å². The second-order valence-electron chi connectivity index (χ2n) is 7.45. The molecule has 0 saturated carbocycles. The third-order valence-electron chi connectivity index (χ3n) is 4.63. The molecule has 0 aromatic heterocycles. The molecule has 160 valence electrons. The fourth-order valence-corrected chi connectivity index (χ4v) is 2.54. The average molecular weight is 424 g/mol. The highest BCUT2D eigenvalue weighted by atomic mass is 19.3. The van der Waals surface area contributed by atoms with Crippen molar-refractivity contribution in [1.82, 2.24) is 10.8 Å². The predicted molar refractivity (Wildman–Crippen MR) is 112 cm³/mol. The molecule has 0 aliphatic heterocycles. The van der Waals surface area contributed by atoms with Crippen LogP contribution in [0.2, 0.25) is 0 Å². The van der Waals surface area contributed by atoms with Crippen molar-refractivity contribution in [2.24, 2.45) is 5.41 Å². The lowest BCUT2D eigenvalue weighted by molar-refractivity contribution is -0.137. The van der Waals surface area contributed by atoms with E-state index in [0.717, 1.165) is 25.0 Å². The van der Waals surface area contributed by atoms with Gasteiger partial charge < -0.3 is 5.32 Å². The number of hydrogen-bond donors (Lipinski definition) is 3. The van der Waals surface area contributed by atoms with Gasteiger partial charge in [0, 0.05) is 16.7 Å². The maximum Gasteiger partial charge on any atom is 0.266 e. The minimum atomic E-state index is -2.91. The van der Waals surface area contributed by atoms with Crippen molar-refractivity contribution in [3.63, 3.8) is 0 Å². The minimum Gasteiger partial charge on any atom is -0.339 e. The van der Waals surface area contributed by atoms with Crippen LogP contribution in [0.25, 0.3) is 0 Å². The van der Waals surface area contributed by atoms with Crippen LogP contribution in [0.5, 0.6) is 0 Å². The lowest BCUT2D eigenvalue weighted by Gasteiger charge is -2.32. The Hall–Kier alpha value is -3.68. The van der Waals surface area contributed by atoms with Crippen LogP contribution in [-0.2, 0) is 4.79 Å². The van der Waals surface area contributed by atoms with Gasteiger partial charge in [0.2, 0.25) is 6.43 Å². The first kappa shape index (κ1) is 23.6. The van der Waals surface area contributed by atoms with Crippen LogP contribution in [0.15, 0.2) is 48.5 Å². The lowest BCUT2D eigenvalue weighted by atomic mass is 9.84. The van der Waals surface area contributed by atoms with E-state index in [2.05, 4.69) is 29.0 Å². The van der Waals surface area contributed by atoms with Crippen LogP contribution in [0, 0.1) is 36.0 Å². The number of halogens is 2. The van der Waals surface area contributed by atoms with Gasteiger partial charge in [0.15, 0.2) is 0 Å². The first-order valence-electron chi connectivity index (χ1n) is 9.37. The largest absolute Gasteiger partial charge is 0.339 e. The van der Waals surface area contributed by atoms with E-state index in [9.17, 15) is 18.4 Å². The highest BCUT2D eigenvalue weighted by molar-refractivity contribution is 5.97. The molecular weight excluding hydrogens is 402 g/mol. The van der Waals surface area contributed by atoms with E-state index in [4.69, 9.17) is 5.21 Å². The van der Waals surface area contributed by atoms with Gasteiger partial charge >= 0.3 is 0 Å². The van der Waals surface area contributed by atoms with Crippen LogP contribution in [0.3, 0.4) is 0 Å². The fourth-order valence-electron chi connectivity index (χ4n) is 2.54. The molecule has 2 rings (SSSR count). The van der Waals surface area contributed by atoms with Crippen molar-refractivity contribution >= 4 is 11.8 Å². The molecule has 3 N–H and O–H groups in total. The Morgan fingerprint density at radius 3 is 1.87 bits per heavy atom. The van der Waals surface area contributed by atoms with Gasteiger partial charge in [0.05, 0.1) is 5.41 Å². The van der Waals surface area contributed by atoms with Crippen LogP contribution in [0.4, 0.5) is 8.78 Å². The molecule has 5 nitrogen and oxygen atoms in total. The molecule has 2 aromatic carbocycles. The maximum absolute atomic E-state index is 13.3. The van der Waals surface area contributed by atoms with E-state index in [-0.39, 0.29) is 5.56 Å². The zero-order chi connectivity index (χ0) is 23.0. The summed E-state index contributed by atoms with van der Waals surface area (Å²) in [7, 11) is 0. The molecule has 2 amide bonds. The molecule has 0 heterocycles. The summed E-state index contributed by atoms with van der Waals surface area (Å²) in [5, 5.41) is 11.1. The van der Waals surface area contributed by atoms with Gasteiger partial charge in [-0.15, -0.1) is 0 Å². The Kier molecular flexibility index (Phi) is 7.90. The summed E-state index contributed by atoms with van der Waals surface area (Å²) in [5.41, 5.74) is 2.16. The first-order valence-corrected chi connectivity index (χ1v) is 9.37. The standard InChI is InChI=1S/C24H22F2N2O3/c1-16-8-10-17(11-9-16)6-4-5-7-18-12-14-19(15-13-18)21(29)27-20(22(30)28-31)24(2,3)23(25)26/h8-15,20,23,31H,1-3H3,(H,27,29)(H,28,30)/t20-/m1/s1. The normalized spacial score (nSPS) is 11.5. The molecule has 0 fully saturated rings. The summed E-state index contributed by atoms with van der Waals surface area (Å²) in [6.45, 7) is 4.23. The highest BCUT2D eigenvalue weighted by Crippen LogP contribution is 2.29. The fraction of sp³-hybridized carbons (Fsp3) is 0.250. The Morgan fingerprint density at radius 2 is 1.42 bits per heavy atom. The second kappa shape index (κ2) is 10.4. The Bertz CT molecular complexity index is 1050. The monoisotopic (exact) mass is 424 g/mol. The number of rotatable bonds is 5. The van der Waals surface area contributed by atoms with Gasteiger partial charge in [-0.2, -0.15) is 0 Å². The molecule has 0 saturated heterocycles. The summed E-state index contributed by atoms with van der Waals surface area (Å²) >= 11 is 0. The molecule has 0 radical (unpaired) electrons. The van der Waals surface area contributed by atoms with E-state index >= 15 is 0 Å². The second-order valence-corrected chi connectivity index (χ2v) is 7.45. The average Bonchev–Trinajstić information content (AvgIpc) is 2.75. The number of hydrogen-bond acceptors (Lipinski definition) is 3. The molecular formula is C24H22F2N2O3. The van der Waals surface area contributed by atoms with Crippen molar-refractivity contribution in [2.75, 3.05) is 0 Å². The van der Waals surface area contributed by atoms with E-state index in [1.54, 1.807) is 12.1 Å². The predicted octanol–water partition coefficient (Wildman–Crippen LogP) is 3.29. The number of benzene rings is 2. The van der Waals surface area contributed by atoms with E-state index < -0.39 is 29.7 Å². The molecule has 31 heavy (non-hydrogen) atoms. The number of carbonyl (C=O) groups excluding carboxylic acids is 2. The summed E-state index contributed by atoms with van der Waals surface area (Å²) in [4.78, 5) is 24.2. The Balaban J connectivity index is 2.10. The van der Waals surface area contributed by atoms with E-state index in [0.29, 0.717) is 5.56 Å². The molecule has 0 aliphatic carbocycles. The third-order valence-corrected chi connectivity index (χ3v) is 4.63. The summed E-state index contributed by atoms with van der Waals surface area (Å²) in [6.07, 6.45) is -2.91.